The molecule has 1 rings (SSSR count). The molecule has 0 unspecified atom stereocenters. The summed E-state index contributed by atoms with van der Waals surface area (Å²) in [7, 11) is 2.08. The third-order valence-corrected chi connectivity index (χ3v) is 2.74. The Kier molecular flexibility index (Phi) is 4.26. The van der Waals surface area contributed by atoms with E-state index in [2.05, 4.69) is 40.9 Å². The number of nitrogens with two attached hydrogens (primary N) is 1. The van der Waals surface area contributed by atoms with Crippen molar-refractivity contribution in [3.8, 4) is 0 Å². The Bertz CT molecular complexity index is 299. The zero-order valence-corrected chi connectivity index (χ0v) is 10.3. The molecule has 0 aliphatic carbocycles. The first-order chi connectivity index (χ1) is 6.65. The van der Waals surface area contributed by atoms with Crippen LogP contribution in [0.2, 0.25) is 0 Å². The second kappa shape index (κ2) is 5.25. The van der Waals surface area contributed by atoms with Crippen molar-refractivity contribution in [2.24, 2.45) is 0 Å². The predicted molar refractivity (Wildman–Crippen MR) is 66.7 cm³/mol. The molecule has 0 radical (unpaired) electrons. The largest absolute Gasteiger partial charge is 0.397 e. The molecule has 0 saturated carbocycles. The Morgan fingerprint density at radius 1 is 1.43 bits per heavy atom. The van der Waals surface area contributed by atoms with Crippen molar-refractivity contribution in [2.45, 2.75) is 19.8 Å². The molecule has 78 valence electrons. The summed E-state index contributed by atoms with van der Waals surface area (Å²) in [4.78, 5) is 2.20. The van der Waals surface area contributed by atoms with Crippen LogP contribution in [-0.2, 0) is 0 Å². The second-order valence-electron chi connectivity index (χ2n) is 3.48. The molecule has 3 heteroatoms. The monoisotopic (exact) mass is 256 g/mol. The van der Waals surface area contributed by atoms with Crippen molar-refractivity contribution in [1.82, 2.24) is 0 Å². The number of nitrogens with zero attached hydrogens (tertiary/aromatic N) is 1. The summed E-state index contributed by atoms with van der Waals surface area (Å²) in [6.45, 7) is 3.25. The zero-order chi connectivity index (χ0) is 10.6. The van der Waals surface area contributed by atoms with E-state index in [1.165, 1.54) is 12.8 Å². The van der Waals surface area contributed by atoms with E-state index in [9.17, 15) is 0 Å². The van der Waals surface area contributed by atoms with Crippen LogP contribution in [0.15, 0.2) is 22.7 Å². The number of halogens is 1. The van der Waals surface area contributed by atoms with Crippen LogP contribution in [0.1, 0.15) is 19.8 Å². The number of hydrogen-bond donors (Lipinski definition) is 1. The van der Waals surface area contributed by atoms with Crippen LogP contribution in [0.5, 0.6) is 0 Å². The van der Waals surface area contributed by atoms with Crippen molar-refractivity contribution in [2.75, 3.05) is 24.2 Å². The van der Waals surface area contributed by atoms with Crippen LogP contribution in [0.25, 0.3) is 0 Å². The Balaban J connectivity index is 2.74. The average Bonchev–Trinajstić information content (AvgIpc) is 2.14. The lowest BCUT2D eigenvalue weighted by atomic mass is 10.2. The Hall–Kier alpha value is -0.700. The summed E-state index contributed by atoms with van der Waals surface area (Å²) < 4.78 is 1.03. The predicted octanol–water partition coefficient (Wildman–Crippen LogP) is 3.27. The summed E-state index contributed by atoms with van der Waals surface area (Å²) in [6.07, 6.45) is 2.41. The maximum Gasteiger partial charge on any atom is 0.0598 e. The van der Waals surface area contributed by atoms with E-state index in [0.717, 1.165) is 22.4 Å². The third kappa shape index (κ3) is 2.91. The maximum atomic E-state index is 5.92. The van der Waals surface area contributed by atoms with E-state index in [-0.39, 0.29) is 0 Å². The molecule has 0 atom stereocenters. The van der Waals surface area contributed by atoms with E-state index in [0.29, 0.717) is 0 Å². The fraction of sp³-hybridized carbons (Fsp3) is 0.455. The van der Waals surface area contributed by atoms with Gasteiger partial charge in [0.2, 0.25) is 0 Å². The topological polar surface area (TPSA) is 29.3 Å². The highest BCUT2D eigenvalue weighted by atomic mass is 79.9. The number of hydrogen-bond acceptors (Lipinski definition) is 2. The van der Waals surface area contributed by atoms with Crippen LogP contribution in [0, 0.1) is 0 Å². The molecule has 2 nitrogen and oxygen atoms in total. The average molecular weight is 257 g/mol. The molecule has 2 N–H and O–H groups in total. The highest BCUT2D eigenvalue weighted by Gasteiger charge is 2.04. The molecule has 0 saturated heterocycles. The van der Waals surface area contributed by atoms with Crippen LogP contribution >= 0.6 is 15.9 Å². The van der Waals surface area contributed by atoms with Gasteiger partial charge in [0.25, 0.3) is 0 Å². The van der Waals surface area contributed by atoms with Crippen molar-refractivity contribution in [1.29, 1.82) is 0 Å². The molecular formula is C11H17BrN2. The third-order valence-electron chi connectivity index (χ3n) is 2.25. The molecule has 0 bridgehead atoms. The van der Waals surface area contributed by atoms with Gasteiger partial charge < -0.3 is 10.6 Å². The summed E-state index contributed by atoms with van der Waals surface area (Å²) >= 11 is 3.40. The first-order valence-corrected chi connectivity index (χ1v) is 5.70. The van der Waals surface area contributed by atoms with Gasteiger partial charge in [-0.3, -0.25) is 0 Å². The fourth-order valence-corrected chi connectivity index (χ4v) is 1.77. The summed E-state index contributed by atoms with van der Waals surface area (Å²) in [6, 6.07) is 6.01. The molecule has 0 fully saturated rings. The number of nitrogen functional groups attached to an aromatic ring is 1. The van der Waals surface area contributed by atoms with E-state index in [4.69, 9.17) is 5.73 Å². The quantitative estimate of drug-likeness (QED) is 0.839. The molecule has 0 heterocycles. The van der Waals surface area contributed by atoms with Crippen molar-refractivity contribution < 1.29 is 0 Å². The van der Waals surface area contributed by atoms with Crippen molar-refractivity contribution in [3.63, 3.8) is 0 Å². The minimum Gasteiger partial charge on any atom is -0.397 e. The molecule has 1 aromatic carbocycles. The Morgan fingerprint density at radius 3 is 2.71 bits per heavy atom. The fourth-order valence-electron chi connectivity index (χ4n) is 1.39. The minimum atomic E-state index is 0.831. The lowest BCUT2D eigenvalue weighted by Gasteiger charge is -2.20. The molecular weight excluding hydrogens is 240 g/mol. The SMILES string of the molecule is CCCCN(C)c1ccc(Br)cc1N. The molecule has 0 spiro atoms. The minimum absolute atomic E-state index is 0.831. The van der Waals surface area contributed by atoms with Gasteiger partial charge >= 0.3 is 0 Å². The van der Waals surface area contributed by atoms with Gasteiger partial charge in [-0.15, -0.1) is 0 Å². The molecule has 0 aromatic heterocycles. The van der Waals surface area contributed by atoms with Crippen LogP contribution in [0.4, 0.5) is 11.4 Å². The number of unbranched alkanes of at least 4 members (excludes halogenated alkanes) is 1. The van der Waals surface area contributed by atoms with Crippen molar-refractivity contribution >= 4 is 27.3 Å². The van der Waals surface area contributed by atoms with E-state index in [1.54, 1.807) is 0 Å². The lowest BCUT2D eigenvalue weighted by molar-refractivity contribution is 0.767. The highest BCUT2D eigenvalue weighted by Crippen LogP contribution is 2.25. The van der Waals surface area contributed by atoms with Gasteiger partial charge in [-0.05, 0) is 24.6 Å². The first kappa shape index (κ1) is 11.4. The van der Waals surface area contributed by atoms with E-state index < -0.39 is 0 Å². The van der Waals surface area contributed by atoms with Crippen molar-refractivity contribution in [3.05, 3.63) is 22.7 Å². The number of benzene rings is 1. The van der Waals surface area contributed by atoms with Gasteiger partial charge in [-0.25, -0.2) is 0 Å². The number of rotatable bonds is 4. The lowest BCUT2D eigenvalue weighted by Crippen LogP contribution is -2.19. The standard InChI is InChI=1S/C11H17BrN2/c1-3-4-7-14(2)11-6-5-9(12)8-10(11)13/h5-6,8H,3-4,7,13H2,1-2H3. The van der Waals surface area contributed by atoms with Gasteiger partial charge in [0.1, 0.15) is 0 Å². The molecule has 0 aliphatic heterocycles. The van der Waals surface area contributed by atoms with Crippen LogP contribution < -0.4 is 10.6 Å². The summed E-state index contributed by atoms with van der Waals surface area (Å²) in [5.74, 6) is 0. The normalized spacial score (nSPS) is 10.2. The van der Waals surface area contributed by atoms with Gasteiger partial charge in [-0.2, -0.15) is 0 Å². The molecule has 0 amide bonds. The van der Waals surface area contributed by atoms with E-state index in [1.807, 2.05) is 12.1 Å². The highest BCUT2D eigenvalue weighted by molar-refractivity contribution is 9.10. The van der Waals surface area contributed by atoms with Crippen LogP contribution in [0.3, 0.4) is 0 Å². The van der Waals surface area contributed by atoms with Gasteiger partial charge in [0, 0.05) is 18.1 Å². The molecule has 1 aromatic rings. The Morgan fingerprint density at radius 2 is 2.14 bits per heavy atom. The smallest absolute Gasteiger partial charge is 0.0598 e. The number of anilines is 2. The van der Waals surface area contributed by atoms with E-state index >= 15 is 0 Å². The molecule has 14 heavy (non-hydrogen) atoms. The Labute approximate surface area is 94.2 Å². The summed E-state index contributed by atoms with van der Waals surface area (Å²) in [5.41, 5.74) is 7.87. The molecule has 0 aliphatic rings. The second-order valence-corrected chi connectivity index (χ2v) is 4.39. The van der Waals surface area contributed by atoms with Crippen LogP contribution in [-0.4, -0.2) is 13.6 Å². The maximum absolute atomic E-state index is 5.92. The first-order valence-electron chi connectivity index (χ1n) is 4.91. The summed E-state index contributed by atoms with van der Waals surface area (Å²) in [5, 5.41) is 0. The van der Waals surface area contributed by atoms with Gasteiger partial charge in [-0.1, -0.05) is 29.3 Å². The van der Waals surface area contributed by atoms with Gasteiger partial charge in [0.05, 0.1) is 11.4 Å². The van der Waals surface area contributed by atoms with Gasteiger partial charge in [0.15, 0.2) is 0 Å². The zero-order valence-electron chi connectivity index (χ0n) is 8.76.